The van der Waals surface area contributed by atoms with Crippen molar-refractivity contribution < 1.29 is 0 Å². The van der Waals surface area contributed by atoms with E-state index in [-0.39, 0.29) is 0 Å². The van der Waals surface area contributed by atoms with Crippen molar-refractivity contribution in [1.82, 2.24) is 15.1 Å². The molecule has 2 aromatic rings. The Labute approximate surface area is 102 Å². The third kappa shape index (κ3) is 3.43. The maximum absolute atomic E-state index is 4.25. The zero-order valence-electron chi connectivity index (χ0n) is 10.5. The Hall–Kier alpha value is -1.61. The summed E-state index contributed by atoms with van der Waals surface area (Å²) in [5.74, 6) is 0. The van der Waals surface area contributed by atoms with Crippen molar-refractivity contribution in [3.63, 3.8) is 0 Å². The van der Waals surface area contributed by atoms with Crippen LogP contribution in [0.15, 0.2) is 36.7 Å². The molecule has 3 heteroatoms. The lowest BCUT2D eigenvalue weighted by atomic mass is 10.1. The predicted octanol–water partition coefficient (Wildman–Crippen LogP) is 2.50. The molecule has 0 unspecified atom stereocenters. The lowest BCUT2D eigenvalue weighted by molar-refractivity contribution is 0.655. The van der Waals surface area contributed by atoms with Crippen LogP contribution in [-0.2, 0) is 19.6 Å². The first-order chi connectivity index (χ1) is 8.28. The van der Waals surface area contributed by atoms with E-state index in [1.54, 1.807) is 0 Å². The second-order valence-electron chi connectivity index (χ2n) is 4.30. The Morgan fingerprint density at radius 2 is 2.06 bits per heavy atom. The summed E-state index contributed by atoms with van der Waals surface area (Å²) >= 11 is 0. The maximum Gasteiger partial charge on any atom is 0.0534 e. The summed E-state index contributed by atoms with van der Waals surface area (Å²) in [6, 6.07) is 8.58. The molecule has 17 heavy (non-hydrogen) atoms. The summed E-state index contributed by atoms with van der Waals surface area (Å²) in [6.45, 7) is 6.91. The smallest absolute Gasteiger partial charge is 0.0534 e. The number of benzene rings is 1. The van der Waals surface area contributed by atoms with Crippen LogP contribution in [0.1, 0.15) is 23.6 Å². The highest BCUT2D eigenvalue weighted by Crippen LogP contribution is 2.04. The zero-order chi connectivity index (χ0) is 12.1. The van der Waals surface area contributed by atoms with E-state index >= 15 is 0 Å². The molecule has 0 aliphatic heterocycles. The molecule has 1 aromatic heterocycles. The monoisotopic (exact) mass is 229 g/mol. The van der Waals surface area contributed by atoms with Gasteiger partial charge in [0.1, 0.15) is 0 Å². The fourth-order valence-corrected chi connectivity index (χ4v) is 1.84. The van der Waals surface area contributed by atoms with Crippen LogP contribution in [0.5, 0.6) is 0 Å². The van der Waals surface area contributed by atoms with Gasteiger partial charge in [-0.1, -0.05) is 29.8 Å². The highest BCUT2D eigenvalue weighted by molar-refractivity contribution is 5.22. The first kappa shape index (κ1) is 11.9. The van der Waals surface area contributed by atoms with Gasteiger partial charge in [0.15, 0.2) is 0 Å². The molecule has 2 rings (SSSR count). The van der Waals surface area contributed by atoms with E-state index in [1.807, 2.05) is 10.9 Å². The van der Waals surface area contributed by atoms with Gasteiger partial charge < -0.3 is 5.32 Å². The predicted molar refractivity (Wildman–Crippen MR) is 69.6 cm³/mol. The van der Waals surface area contributed by atoms with Gasteiger partial charge in [-0.15, -0.1) is 0 Å². The first-order valence-corrected chi connectivity index (χ1v) is 6.05. The summed E-state index contributed by atoms with van der Waals surface area (Å²) in [5.41, 5.74) is 3.87. The van der Waals surface area contributed by atoms with Crippen molar-refractivity contribution in [2.75, 3.05) is 0 Å². The average Bonchev–Trinajstić information content (AvgIpc) is 2.77. The topological polar surface area (TPSA) is 29.9 Å². The normalized spacial score (nSPS) is 10.7. The molecule has 1 N–H and O–H groups in total. The molecular weight excluding hydrogens is 210 g/mol. The van der Waals surface area contributed by atoms with Gasteiger partial charge in [0.2, 0.25) is 0 Å². The van der Waals surface area contributed by atoms with Gasteiger partial charge in [0, 0.05) is 31.4 Å². The van der Waals surface area contributed by atoms with Gasteiger partial charge in [-0.05, 0) is 19.4 Å². The molecule has 1 heterocycles. The van der Waals surface area contributed by atoms with Crippen molar-refractivity contribution in [3.05, 3.63) is 53.3 Å². The molecule has 90 valence electrons. The Balaban J connectivity index is 1.83. The molecule has 0 saturated carbocycles. The standard InChI is InChI=1S/C14H19N3/c1-3-17-11-14(10-16-17)9-15-8-13-6-4-5-12(2)7-13/h4-7,10-11,15H,3,8-9H2,1-2H3. The molecule has 0 saturated heterocycles. The van der Waals surface area contributed by atoms with E-state index < -0.39 is 0 Å². The molecular formula is C14H19N3. The summed E-state index contributed by atoms with van der Waals surface area (Å²) in [7, 11) is 0. The van der Waals surface area contributed by atoms with Crippen molar-refractivity contribution >= 4 is 0 Å². The van der Waals surface area contributed by atoms with E-state index in [9.17, 15) is 0 Å². The number of aromatic nitrogens is 2. The minimum Gasteiger partial charge on any atom is -0.309 e. The fourth-order valence-electron chi connectivity index (χ4n) is 1.84. The van der Waals surface area contributed by atoms with Gasteiger partial charge in [0.05, 0.1) is 6.20 Å². The van der Waals surface area contributed by atoms with Gasteiger partial charge >= 0.3 is 0 Å². The van der Waals surface area contributed by atoms with E-state index in [4.69, 9.17) is 0 Å². The van der Waals surface area contributed by atoms with Gasteiger partial charge in [-0.25, -0.2) is 0 Å². The Morgan fingerprint density at radius 3 is 2.76 bits per heavy atom. The third-order valence-electron chi connectivity index (χ3n) is 2.75. The van der Waals surface area contributed by atoms with Crippen LogP contribution >= 0.6 is 0 Å². The number of nitrogens with zero attached hydrogens (tertiary/aromatic N) is 2. The largest absolute Gasteiger partial charge is 0.309 e. The van der Waals surface area contributed by atoms with Crippen LogP contribution in [0, 0.1) is 6.92 Å². The minimum atomic E-state index is 0.869. The molecule has 0 aliphatic rings. The second kappa shape index (κ2) is 5.64. The van der Waals surface area contributed by atoms with Crippen LogP contribution in [-0.4, -0.2) is 9.78 Å². The molecule has 1 aromatic carbocycles. The molecule has 0 aliphatic carbocycles. The number of aryl methyl sites for hydroxylation is 2. The van der Waals surface area contributed by atoms with Crippen molar-refractivity contribution in [2.24, 2.45) is 0 Å². The Bertz CT molecular complexity index is 474. The van der Waals surface area contributed by atoms with Crippen molar-refractivity contribution in [1.29, 1.82) is 0 Å². The summed E-state index contributed by atoms with van der Waals surface area (Å²) in [5, 5.41) is 7.68. The van der Waals surface area contributed by atoms with Crippen LogP contribution in [0.4, 0.5) is 0 Å². The van der Waals surface area contributed by atoms with Crippen LogP contribution in [0.3, 0.4) is 0 Å². The number of rotatable bonds is 5. The Morgan fingerprint density at radius 1 is 1.24 bits per heavy atom. The van der Waals surface area contributed by atoms with Crippen LogP contribution in [0.2, 0.25) is 0 Å². The molecule has 0 amide bonds. The highest BCUT2D eigenvalue weighted by atomic mass is 15.3. The second-order valence-corrected chi connectivity index (χ2v) is 4.30. The number of hydrogen-bond acceptors (Lipinski definition) is 2. The average molecular weight is 229 g/mol. The van der Waals surface area contributed by atoms with E-state index in [2.05, 4.69) is 54.7 Å². The number of hydrogen-bond donors (Lipinski definition) is 1. The van der Waals surface area contributed by atoms with Crippen LogP contribution < -0.4 is 5.32 Å². The molecule has 0 radical (unpaired) electrons. The third-order valence-corrected chi connectivity index (χ3v) is 2.75. The van der Waals surface area contributed by atoms with E-state index in [0.29, 0.717) is 0 Å². The van der Waals surface area contributed by atoms with E-state index in [1.165, 1.54) is 16.7 Å². The minimum absolute atomic E-state index is 0.869. The summed E-state index contributed by atoms with van der Waals surface area (Å²) < 4.78 is 1.95. The molecule has 0 atom stereocenters. The van der Waals surface area contributed by atoms with Crippen LogP contribution in [0.25, 0.3) is 0 Å². The fraction of sp³-hybridized carbons (Fsp3) is 0.357. The zero-order valence-corrected chi connectivity index (χ0v) is 10.5. The van der Waals surface area contributed by atoms with E-state index in [0.717, 1.165) is 19.6 Å². The SMILES string of the molecule is CCn1cc(CNCc2cccc(C)c2)cn1. The van der Waals surface area contributed by atoms with Crippen molar-refractivity contribution in [3.8, 4) is 0 Å². The molecule has 3 nitrogen and oxygen atoms in total. The van der Waals surface area contributed by atoms with Gasteiger partial charge in [0.25, 0.3) is 0 Å². The molecule has 0 fully saturated rings. The Kier molecular flexibility index (Phi) is 3.94. The highest BCUT2D eigenvalue weighted by Gasteiger charge is 1.97. The molecule has 0 bridgehead atoms. The summed E-state index contributed by atoms with van der Waals surface area (Å²) in [4.78, 5) is 0. The molecule has 0 spiro atoms. The lowest BCUT2D eigenvalue weighted by Gasteiger charge is -2.04. The summed E-state index contributed by atoms with van der Waals surface area (Å²) in [6.07, 6.45) is 4.01. The van der Waals surface area contributed by atoms with Crippen molar-refractivity contribution in [2.45, 2.75) is 33.5 Å². The lowest BCUT2D eigenvalue weighted by Crippen LogP contribution is -2.12. The van der Waals surface area contributed by atoms with Gasteiger partial charge in [-0.3, -0.25) is 4.68 Å². The van der Waals surface area contributed by atoms with Gasteiger partial charge in [-0.2, -0.15) is 5.10 Å². The first-order valence-electron chi connectivity index (χ1n) is 6.05. The number of nitrogens with one attached hydrogen (secondary N) is 1. The maximum atomic E-state index is 4.25. The quantitative estimate of drug-likeness (QED) is 0.853.